The second-order valence-electron chi connectivity index (χ2n) is 3.73. The lowest BCUT2D eigenvalue weighted by Crippen LogP contribution is -2.33. The largest absolute Gasteiger partial charge is 0.460 e. The van der Waals surface area contributed by atoms with Crippen LogP contribution in [0, 0.1) is 0 Å². The number of ether oxygens (including phenoxy) is 1. The van der Waals surface area contributed by atoms with E-state index in [9.17, 15) is 9.59 Å². The molecule has 1 aromatic carbocycles. The molecule has 1 aromatic rings. The quantitative estimate of drug-likeness (QED) is 0.578. The molecule has 0 aliphatic carbocycles. The summed E-state index contributed by atoms with van der Waals surface area (Å²) in [6, 6.07) is 8.69. The van der Waals surface area contributed by atoms with Gasteiger partial charge in [0.15, 0.2) is 0 Å². The van der Waals surface area contributed by atoms with Gasteiger partial charge in [-0.05, 0) is 18.6 Å². The predicted octanol–water partition coefficient (Wildman–Crippen LogP) is 1.76. The predicted molar refractivity (Wildman–Crippen MR) is 64.6 cm³/mol. The summed E-state index contributed by atoms with van der Waals surface area (Å²) in [5.74, 6) is -0.362. The summed E-state index contributed by atoms with van der Waals surface area (Å²) >= 11 is 0. The molecule has 0 aromatic heterocycles. The van der Waals surface area contributed by atoms with Crippen LogP contribution in [0.4, 0.5) is 0 Å². The molecule has 1 amide bonds. The molecule has 4 heteroatoms. The molecule has 0 fully saturated rings. The van der Waals surface area contributed by atoms with Gasteiger partial charge in [-0.15, -0.1) is 0 Å². The summed E-state index contributed by atoms with van der Waals surface area (Å²) in [6.07, 6.45) is 2.35. The van der Waals surface area contributed by atoms with Gasteiger partial charge < -0.3 is 10.1 Å². The first-order valence-electron chi connectivity index (χ1n) is 5.69. The lowest BCUT2D eigenvalue weighted by Gasteiger charge is -2.15. The number of benzene rings is 1. The van der Waals surface area contributed by atoms with Crippen LogP contribution in [0.3, 0.4) is 0 Å². The Balaban J connectivity index is 2.43. The minimum atomic E-state index is -0.362. The van der Waals surface area contributed by atoms with E-state index in [-0.39, 0.29) is 18.6 Å². The summed E-state index contributed by atoms with van der Waals surface area (Å²) < 4.78 is 5.14. The van der Waals surface area contributed by atoms with E-state index in [1.807, 2.05) is 13.0 Å². The van der Waals surface area contributed by atoms with Crippen molar-refractivity contribution in [2.45, 2.75) is 25.8 Å². The Kier molecular flexibility index (Phi) is 5.79. The van der Waals surface area contributed by atoms with Gasteiger partial charge >= 0.3 is 5.97 Å². The van der Waals surface area contributed by atoms with Gasteiger partial charge in [-0.25, -0.2) is 4.79 Å². The number of amides is 1. The summed E-state index contributed by atoms with van der Waals surface area (Å²) in [5, 5.41) is 2.63. The molecule has 0 aliphatic heterocycles. The van der Waals surface area contributed by atoms with Crippen molar-refractivity contribution in [2.75, 3.05) is 6.61 Å². The average molecular weight is 235 g/mol. The molecular formula is C13H17NO3. The number of hydrogen-bond acceptors (Lipinski definition) is 3. The van der Waals surface area contributed by atoms with E-state index >= 15 is 0 Å². The van der Waals surface area contributed by atoms with Crippen LogP contribution in [0.2, 0.25) is 0 Å². The van der Waals surface area contributed by atoms with Crippen molar-refractivity contribution in [3.05, 3.63) is 35.9 Å². The average Bonchev–Trinajstić information content (AvgIpc) is 2.37. The highest BCUT2D eigenvalue weighted by Crippen LogP contribution is 2.03. The Morgan fingerprint density at radius 3 is 2.71 bits per heavy atom. The second-order valence-corrected chi connectivity index (χ2v) is 3.73. The maximum absolute atomic E-state index is 11.6. The third-order valence-electron chi connectivity index (χ3n) is 2.37. The Bertz CT molecular complexity index is 351. The molecule has 0 saturated heterocycles. The molecule has 92 valence electrons. The van der Waals surface area contributed by atoms with E-state index in [0.717, 1.165) is 12.8 Å². The topological polar surface area (TPSA) is 55.4 Å². The van der Waals surface area contributed by atoms with Gasteiger partial charge in [0.2, 0.25) is 6.41 Å². The SMILES string of the molecule is CCC[C@@H](COC(=O)c1ccccc1)NC=O. The van der Waals surface area contributed by atoms with Gasteiger partial charge in [0.05, 0.1) is 11.6 Å². The third kappa shape index (κ3) is 4.68. The molecule has 0 unspecified atom stereocenters. The lowest BCUT2D eigenvalue weighted by molar-refractivity contribution is -0.110. The first-order valence-corrected chi connectivity index (χ1v) is 5.69. The number of carbonyl (C=O) groups excluding carboxylic acids is 2. The van der Waals surface area contributed by atoms with Gasteiger partial charge in [-0.2, -0.15) is 0 Å². The highest BCUT2D eigenvalue weighted by Gasteiger charge is 2.11. The van der Waals surface area contributed by atoms with Crippen molar-refractivity contribution in [1.29, 1.82) is 0 Å². The fourth-order valence-corrected chi connectivity index (χ4v) is 1.49. The van der Waals surface area contributed by atoms with Crippen LogP contribution in [0.1, 0.15) is 30.1 Å². The second kappa shape index (κ2) is 7.44. The molecule has 0 radical (unpaired) electrons. The number of esters is 1. The normalized spacial score (nSPS) is 11.6. The van der Waals surface area contributed by atoms with Crippen molar-refractivity contribution < 1.29 is 14.3 Å². The Morgan fingerprint density at radius 2 is 2.12 bits per heavy atom. The van der Waals surface area contributed by atoms with Crippen molar-refractivity contribution in [1.82, 2.24) is 5.32 Å². The van der Waals surface area contributed by atoms with Gasteiger partial charge in [-0.1, -0.05) is 31.5 Å². The molecule has 4 nitrogen and oxygen atoms in total. The smallest absolute Gasteiger partial charge is 0.338 e. The fourth-order valence-electron chi connectivity index (χ4n) is 1.49. The zero-order valence-electron chi connectivity index (χ0n) is 9.89. The molecule has 0 heterocycles. The van der Waals surface area contributed by atoms with E-state index in [0.29, 0.717) is 12.0 Å². The highest BCUT2D eigenvalue weighted by molar-refractivity contribution is 5.89. The molecule has 0 spiro atoms. The maximum atomic E-state index is 11.6. The van der Waals surface area contributed by atoms with Crippen LogP contribution in [0.15, 0.2) is 30.3 Å². The van der Waals surface area contributed by atoms with Crippen LogP contribution in [-0.4, -0.2) is 25.0 Å². The van der Waals surface area contributed by atoms with E-state index in [2.05, 4.69) is 5.32 Å². The minimum Gasteiger partial charge on any atom is -0.460 e. The molecule has 0 bridgehead atoms. The minimum absolute atomic E-state index is 0.106. The summed E-state index contributed by atoms with van der Waals surface area (Å²) in [5.41, 5.74) is 0.522. The van der Waals surface area contributed by atoms with Crippen LogP contribution < -0.4 is 5.32 Å². The summed E-state index contributed by atoms with van der Waals surface area (Å²) in [4.78, 5) is 22.0. The Labute approximate surface area is 101 Å². The van der Waals surface area contributed by atoms with Gasteiger partial charge in [-0.3, -0.25) is 4.79 Å². The van der Waals surface area contributed by atoms with E-state index in [4.69, 9.17) is 4.74 Å². The fraction of sp³-hybridized carbons (Fsp3) is 0.385. The monoisotopic (exact) mass is 235 g/mol. The zero-order chi connectivity index (χ0) is 12.5. The molecule has 1 N–H and O–H groups in total. The third-order valence-corrected chi connectivity index (χ3v) is 2.37. The zero-order valence-corrected chi connectivity index (χ0v) is 9.89. The van der Waals surface area contributed by atoms with Gasteiger partial charge in [0.1, 0.15) is 6.61 Å². The maximum Gasteiger partial charge on any atom is 0.338 e. The van der Waals surface area contributed by atoms with Crippen molar-refractivity contribution >= 4 is 12.4 Å². The van der Waals surface area contributed by atoms with E-state index < -0.39 is 0 Å². The van der Waals surface area contributed by atoms with Crippen LogP contribution in [0.5, 0.6) is 0 Å². The van der Waals surface area contributed by atoms with E-state index in [1.165, 1.54) is 0 Å². The lowest BCUT2D eigenvalue weighted by atomic mass is 10.2. The first-order chi connectivity index (χ1) is 8.27. The molecule has 0 saturated carbocycles. The number of nitrogens with one attached hydrogen (secondary N) is 1. The standard InChI is InChI=1S/C13H17NO3/c1-2-6-12(14-10-15)9-17-13(16)11-7-4-3-5-8-11/h3-5,7-8,10,12H,2,6,9H2,1H3,(H,14,15)/t12-/m0/s1. The molecular weight excluding hydrogens is 218 g/mol. The van der Waals surface area contributed by atoms with Crippen LogP contribution in [0.25, 0.3) is 0 Å². The van der Waals surface area contributed by atoms with Crippen molar-refractivity contribution in [2.24, 2.45) is 0 Å². The van der Waals surface area contributed by atoms with Crippen molar-refractivity contribution in [3.63, 3.8) is 0 Å². The molecule has 0 aliphatic rings. The Morgan fingerprint density at radius 1 is 1.41 bits per heavy atom. The first kappa shape index (κ1) is 13.2. The Hall–Kier alpha value is -1.84. The highest BCUT2D eigenvalue weighted by atomic mass is 16.5. The van der Waals surface area contributed by atoms with Crippen LogP contribution in [-0.2, 0) is 9.53 Å². The summed E-state index contributed by atoms with van der Waals surface area (Å²) in [7, 11) is 0. The summed E-state index contributed by atoms with van der Waals surface area (Å²) in [6.45, 7) is 2.22. The number of hydrogen-bond donors (Lipinski definition) is 1. The van der Waals surface area contributed by atoms with Crippen LogP contribution >= 0.6 is 0 Å². The number of carbonyl (C=O) groups is 2. The molecule has 1 atom stereocenters. The molecule has 1 rings (SSSR count). The van der Waals surface area contributed by atoms with Gasteiger partial charge in [0.25, 0.3) is 0 Å². The number of rotatable bonds is 7. The van der Waals surface area contributed by atoms with E-state index in [1.54, 1.807) is 24.3 Å². The van der Waals surface area contributed by atoms with Crippen molar-refractivity contribution in [3.8, 4) is 0 Å². The van der Waals surface area contributed by atoms with Gasteiger partial charge in [0, 0.05) is 0 Å². The molecule has 17 heavy (non-hydrogen) atoms.